The monoisotopic (exact) mass is 245 g/mol. The van der Waals surface area contributed by atoms with E-state index in [-0.39, 0.29) is 11.9 Å². The normalized spacial score (nSPS) is 11.4. The van der Waals surface area contributed by atoms with Crippen LogP contribution >= 0.6 is 0 Å². The maximum absolute atomic E-state index is 11.7. The smallest absolute Gasteiger partial charge is 0.242 e. The number of nitriles is 1. The molecular weight excluding hydrogens is 226 g/mol. The summed E-state index contributed by atoms with van der Waals surface area (Å²) in [5, 5.41) is 14.9. The fourth-order valence-corrected chi connectivity index (χ4v) is 1.58. The summed E-state index contributed by atoms with van der Waals surface area (Å²) in [6.07, 6.45) is 0.909. The van der Waals surface area contributed by atoms with Gasteiger partial charge in [-0.15, -0.1) is 0 Å². The Morgan fingerprint density at radius 1 is 1.50 bits per heavy atom. The van der Waals surface area contributed by atoms with Gasteiger partial charge in [-0.3, -0.25) is 4.79 Å². The highest BCUT2D eigenvalue weighted by Gasteiger charge is 2.13. The summed E-state index contributed by atoms with van der Waals surface area (Å²) in [4.78, 5) is 11.7. The maximum Gasteiger partial charge on any atom is 0.242 e. The van der Waals surface area contributed by atoms with E-state index in [1.165, 1.54) is 0 Å². The van der Waals surface area contributed by atoms with Gasteiger partial charge >= 0.3 is 0 Å². The van der Waals surface area contributed by atoms with Crippen LogP contribution in [0.1, 0.15) is 31.4 Å². The highest BCUT2D eigenvalue weighted by Crippen LogP contribution is 2.17. The first-order chi connectivity index (χ1) is 8.58. The van der Waals surface area contributed by atoms with Gasteiger partial charge in [0.25, 0.3) is 0 Å². The van der Waals surface area contributed by atoms with E-state index in [0.29, 0.717) is 17.8 Å². The van der Waals surface area contributed by atoms with E-state index in [9.17, 15) is 4.79 Å². The molecule has 1 unspecified atom stereocenters. The Hall–Kier alpha value is -2.02. The summed E-state index contributed by atoms with van der Waals surface area (Å²) in [5.41, 5.74) is 2.31. The van der Waals surface area contributed by atoms with Gasteiger partial charge in [-0.05, 0) is 38.0 Å². The summed E-state index contributed by atoms with van der Waals surface area (Å²) in [5.74, 6) is -0.0535. The third kappa shape index (κ3) is 3.77. The molecule has 0 saturated heterocycles. The zero-order chi connectivity index (χ0) is 13.5. The Morgan fingerprint density at radius 2 is 2.22 bits per heavy atom. The minimum atomic E-state index is -0.356. The van der Waals surface area contributed by atoms with E-state index < -0.39 is 0 Å². The minimum Gasteiger partial charge on any atom is -0.373 e. The molecule has 96 valence electrons. The van der Waals surface area contributed by atoms with E-state index in [0.717, 1.165) is 12.0 Å². The van der Waals surface area contributed by atoms with Crippen LogP contribution in [0.5, 0.6) is 0 Å². The third-order valence-corrected chi connectivity index (χ3v) is 2.61. The predicted octanol–water partition coefficient (Wildman–Crippen LogP) is 2.19. The molecule has 0 heterocycles. The maximum atomic E-state index is 11.7. The van der Waals surface area contributed by atoms with Crippen molar-refractivity contribution in [1.29, 1.82) is 5.26 Å². The molecule has 0 saturated carbocycles. The fourth-order valence-electron chi connectivity index (χ4n) is 1.58. The van der Waals surface area contributed by atoms with Gasteiger partial charge in [0, 0.05) is 6.54 Å². The van der Waals surface area contributed by atoms with Crippen LogP contribution in [-0.2, 0) is 4.79 Å². The number of carbonyl (C=O) groups excluding carboxylic acids is 1. The van der Waals surface area contributed by atoms with Gasteiger partial charge in [-0.25, -0.2) is 0 Å². The van der Waals surface area contributed by atoms with E-state index in [1.54, 1.807) is 13.0 Å². The van der Waals surface area contributed by atoms with E-state index >= 15 is 0 Å². The number of hydrogen-bond donors (Lipinski definition) is 2. The molecule has 4 nitrogen and oxygen atoms in total. The largest absolute Gasteiger partial charge is 0.373 e. The van der Waals surface area contributed by atoms with E-state index in [4.69, 9.17) is 5.26 Å². The topological polar surface area (TPSA) is 64.9 Å². The van der Waals surface area contributed by atoms with Crippen molar-refractivity contribution in [3.63, 3.8) is 0 Å². The molecule has 0 radical (unpaired) electrons. The first kappa shape index (κ1) is 14.0. The molecule has 1 rings (SSSR count). The molecule has 1 atom stereocenters. The number of rotatable bonds is 5. The average Bonchev–Trinajstić information content (AvgIpc) is 2.36. The molecule has 0 aliphatic carbocycles. The molecule has 0 fully saturated rings. The summed E-state index contributed by atoms with van der Waals surface area (Å²) in [6, 6.07) is 7.28. The van der Waals surface area contributed by atoms with Crippen molar-refractivity contribution in [2.45, 2.75) is 33.2 Å². The predicted molar refractivity (Wildman–Crippen MR) is 72.3 cm³/mol. The lowest BCUT2D eigenvalue weighted by Gasteiger charge is -2.16. The first-order valence-electron chi connectivity index (χ1n) is 6.13. The van der Waals surface area contributed by atoms with Crippen molar-refractivity contribution in [3.8, 4) is 6.07 Å². The lowest BCUT2D eigenvalue weighted by Crippen LogP contribution is -2.38. The van der Waals surface area contributed by atoms with Crippen molar-refractivity contribution >= 4 is 11.6 Å². The molecule has 0 aliphatic rings. The van der Waals surface area contributed by atoms with Gasteiger partial charge in [-0.1, -0.05) is 13.0 Å². The third-order valence-electron chi connectivity index (χ3n) is 2.61. The molecular formula is C14H19N3O. The summed E-state index contributed by atoms with van der Waals surface area (Å²) in [7, 11) is 0. The molecule has 1 aromatic rings. The van der Waals surface area contributed by atoms with Gasteiger partial charge < -0.3 is 10.6 Å². The van der Waals surface area contributed by atoms with Crippen molar-refractivity contribution < 1.29 is 4.79 Å². The second-order valence-electron chi connectivity index (χ2n) is 4.32. The number of nitrogens with one attached hydrogen (secondary N) is 2. The molecule has 0 spiro atoms. The number of nitrogens with zero attached hydrogens (tertiary/aromatic N) is 1. The van der Waals surface area contributed by atoms with E-state index in [1.807, 2.05) is 26.0 Å². The van der Waals surface area contributed by atoms with Crippen molar-refractivity contribution in [2.75, 3.05) is 11.9 Å². The van der Waals surface area contributed by atoms with Crippen LogP contribution in [0.15, 0.2) is 18.2 Å². The van der Waals surface area contributed by atoms with E-state index in [2.05, 4.69) is 16.7 Å². The van der Waals surface area contributed by atoms with Crippen molar-refractivity contribution in [3.05, 3.63) is 29.3 Å². The van der Waals surface area contributed by atoms with Gasteiger partial charge in [-0.2, -0.15) is 5.26 Å². The minimum absolute atomic E-state index is 0.0535. The second kappa shape index (κ2) is 6.65. The number of anilines is 1. The molecule has 0 aliphatic heterocycles. The fraction of sp³-hybridized carbons (Fsp3) is 0.429. The molecule has 0 bridgehead atoms. The quantitative estimate of drug-likeness (QED) is 0.835. The van der Waals surface area contributed by atoms with Crippen LogP contribution < -0.4 is 10.6 Å². The molecule has 4 heteroatoms. The van der Waals surface area contributed by atoms with Gasteiger partial charge in [0.1, 0.15) is 12.1 Å². The van der Waals surface area contributed by atoms with Crippen molar-refractivity contribution in [1.82, 2.24) is 5.32 Å². The Morgan fingerprint density at radius 3 is 2.83 bits per heavy atom. The first-order valence-corrected chi connectivity index (χ1v) is 6.13. The molecule has 1 aromatic carbocycles. The molecule has 1 amide bonds. The SMILES string of the molecule is CCCNC(=O)C(C)Nc1cc(C)ccc1C#N. The number of benzene rings is 1. The average molecular weight is 245 g/mol. The summed E-state index contributed by atoms with van der Waals surface area (Å²) in [6.45, 7) is 6.42. The highest BCUT2D eigenvalue weighted by atomic mass is 16.2. The van der Waals surface area contributed by atoms with Gasteiger partial charge in [0.15, 0.2) is 0 Å². The van der Waals surface area contributed by atoms with Gasteiger partial charge in [0.05, 0.1) is 11.3 Å². The van der Waals surface area contributed by atoms with Gasteiger partial charge in [0.2, 0.25) is 5.91 Å². The van der Waals surface area contributed by atoms with Crippen LogP contribution in [0.3, 0.4) is 0 Å². The number of aryl methyl sites for hydroxylation is 1. The second-order valence-corrected chi connectivity index (χ2v) is 4.32. The number of carbonyl (C=O) groups is 1. The van der Waals surface area contributed by atoms with Crippen molar-refractivity contribution in [2.24, 2.45) is 0 Å². The molecule has 18 heavy (non-hydrogen) atoms. The zero-order valence-corrected chi connectivity index (χ0v) is 11.1. The van der Waals surface area contributed by atoms with Crippen LogP contribution in [0.25, 0.3) is 0 Å². The number of hydrogen-bond acceptors (Lipinski definition) is 3. The van der Waals surface area contributed by atoms with Crippen LogP contribution in [0, 0.1) is 18.3 Å². The Kier molecular flexibility index (Phi) is 5.19. The molecule has 2 N–H and O–H groups in total. The highest BCUT2D eigenvalue weighted by molar-refractivity contribution is 5.84. The standard InChI is InChI=1S/C14H19N3O/c1-4-7-16-14(18)11(3)17-13-8-10(2)5-6-12(13)9-15/h5-6,8,11,17H,4,7H2,1-3H3,(H,16,18). The Balaban J connectivity index is 2.75. The zero-order valence-electron chi connectivity index (χ0n) is 11.1. The Labute approximate surface area is 108 Å². The number of amides is 1. The summed E-state index contributed by atoms with van der Waals surface area (Å²) < 4.78 is 0. The Bertz CT molecular complexity index is 463. The van der Waals surface area contributed by atoms with Crippen LogP contribution in [0.4, 0.5) is 5.69 Å². The molecule has 0 aromatic heterocycles. The summed E-state index contributed by atoms with van der Waals surface area (Å²) >= 11 is 0. The lowest BCUT2D eigenvalue weighted by atomic mass is 10.1. The van der Waals surface area contributed by atoms with Crippen LogP contribution in [0.2, 0.25) is 0 Å². The van der Waals surface area contributed by atoms with Crippen LogP contribution in [-0.4, -0.2) is 18.5 Å². The lowest BCUT2D eigenvalue weighted by molar-refractivity contribution is -0.121.